The van der Waals surface area contributed by atoms with E-state index in [-0.39, 0.29) is 17.5 Å². The first-order chi connectivity index (χ1) is 15.1. The Morgan fingerprint density at radius 2 is 1.84 bits per heavy atom. The van der Waals surface area contributed by atoms with Crippen molar-refractivity contribution in [3.8, 4) is 5.69 Å². The maximum Gasteiger partial charge on any atom is 0.350 e. The third kappa shape index (κ3) is 3.56. The van der Waals surface area contributed by atoms with Gasteiger partial charge in [0.2, 0.25) is 5.91 Å². The molecule has 0 aliphatic carbocycles. The number of piperidine rings is 1. The smallest absolute Gasteiger partial charge is 0.340 e. The number of aryl methyl sites for hydroxylation is 1. The van der Waals surface area contributed by atoms with Crippen LogP contribution in [0.25, 0.3) is 16.6 Å². The molecule has 1 aliphatic heterocycles. The third-order valence-electron chi connectivity index (χ3n) is 6.09. The molecule has 2 aromatic heterocycles. The Kier molecular flexibility index (Phi) is 4.94. The van der Waals surface area contributed by atoms with Crippen molar-refractivity contribution in [2.75, 3.05) is 13.1 Å². The van der Waals surface area contributed by atoms with E-state index in [4.69, 9.17) is 0 Å². The van der Waals surface area contributed by atoms with Gasteiger partial charge < -0.3 is 9.47 Å². The zero-order chi connectivity index (χ0) is 21.4. The number of fused-ring (bicyclic) bond motifs is 1. The molecule has 5 rings (SSSR count). The van der Waals surface area contributed by atoms with E-state index >= 15 is 0 Å². The summed E-state index contributed by atoms with van der Waals surface area (Å²) >= 11 is 0. The first-order valence-corrected chi connectivity index (χ1v) is 10.6. The highest BCUT2D eigenvalue weighted by atomic mass is 16.2. The van der Waals surface area contributed by atoms with Crippen LogP contribution in [0.4, 0.5) is 0 Å². The lowest BCUT2D eigenvalue weighted by molar-refractivity contribution is -0.133. The number of amides is 1. The normalized spacial score (nSPS) is 16.7. The summed E-state index contributed by atoms with van der Waals surface area (Å²) in [6, 6.07) is 19.7. The Hall–Kier alpha value is -3.61. The largest absolute Gasteiger partial charge is 0.350 e. The van der Waals surface area contributed by atoms with Gasteiger partial charge >= 0.3 is 5.69 Å². The van der Waals surface area contributed by atoms with Crippen molar-refractivity contribution in [2.45, 2.75) is 25.3 Å². The van der Waals surface area contributed by atoms with Crippen molar-refractivity contribution in [3.05, 3.63) is 83.2 Å². The van der Waals surface area contributed by atoms with Crippen molar-refractivity contribution >= 4 is 16.8 Å². The molecule has 1 fully saturated rings. The first-order valence-electron chi connectivity index (χ1n) is 10.6. The molecule has 31 heavy (non-hydrogen) atoms. The van der Waals surface area contributed by atoms with Gasteiger partial charge in [-0.1, -0.05) is 36.4 Å². The predicted molar refractivity (Wildman–Crippen MR) is 119 cm³/mol. The molecule has 0 N–H and O–H groups in total. The van der Waals surface area contributed by atoms with Crippen LogP contribution >= 0.6 is 0 Å². The van der Waals surface area contributed by atoms with E-state index in [0.29, 0.717) is 13.1 Å². The fraction of sp³-hybridized carbons (Fsp3) is 0.292. The average molecular weight is 415 g/mol. The van der Waals surface area contributed by atoms with Gasteiger partial charge in [0.15, 0.2) is 0 Å². The Morgan fingerprint density at radius 3 is 2.68 bits per heavy atom. The van der Waals surface area contributed by atoms with Crippen LogP contribution in [0.2, 0.25) is 0 Å². The summed E-state index contributed by atoms with van der Waals surface area (Å²) in [5, 5.41) is 5.68. The third-order valence-corrected chi connectivity index (χ3v) is 6.09. The van der Waals surface area contributed by atoms with Crippen LogP contribution in [-0.4, -0.2) is 42.8 Å². The molecule has 1 saturated heterocycles. The minimum absolute atomic E-state index is 0.0215. The van der Waals surface area contributed by atoms with E-state index in [1.165, 1.54) is 4.68 Å². The van der Waals surface area contributed by atoms with Crippen molar-refractivity contribution in [1.29, 1.82) is 0 Å². The lowest BCUT2D eigenvalue weighted by Gasteiger charge is -2.32. The number of benzene rings is 2. The molecule has 0 radical (unpaired) electrons. The topological polar surface area (TPSA) is 65.1 Å². The molecule has 7 heteroatoms. The van der Waals surface area contributed by atoms with E-state index in [0.717, 1.165) is 41.8 Å². The van der Waals surface area contributed by atoms with Crippen LogP contribution in [0.3, 0.4) is 0 Å². The summed E-state index contributed by atoms with van der Waals surface area (Å²) in [4.78, 5) is 27.8. The number of carbonyl (C=O) groups is 1. The molecule has 158 valence electrons. The van der Waals surface area contributed by atoms with Gasteiger partial charge in [-0.3, -0.25) is 4.79 Å². The molecule has 1 amide bonds. The molecule has 0 bridgehead atoms. The Balaban J connectivity index is 1.39. The maximum atomic E-state index is 13.1. The number of nitrogens with zero attached hydrogens (tertiary/aromatic N) is 5. The van der Waals surface area contributed by atoms with Crippen molar-refractivity contribution in [2.24, 2.45) is 7.05 Å². The van der Waals surface area contributed by atoms with Gasteiger partial charge in [0, 0.05) is 37.8 Å². The second-order valence-electron chi connectivity index (χ2n) is 8.12. The second-order valence-corrected chi connectivity index (χ2v) is 8.12. The standard InChI is InChI=1S/C24H25N5O2/c1-26-24(31)29(20-10-3-2-4-11-20)23(25-26)19-9-7-14-28(16-19)22(30)17-27-15-13-18-8-5-6-12-21(18)27/h2-6,8,10-13,15,19H,7,9,14,16-17H2,1H3. The van der Waals surface area contributed by atoms with Gasteiger partial charge in [0.25, 0.3) is 0 Å². The average Bonchev–Trinajstić information content (AvgIpc) is 3.35. The number of carbonyl (C=O) groups excluding carboxylic acids is 1. The lowest BCUT2D eigenvalue weighted by Crippen LogP contribution is -2.41. The van der Waals surface area contributed by atoms with Crippen LogP contribution in [0.15, 0.2) is 71.7 Å². The number of hydrogen-bond acceptors (Lipinski definition) is 3. The van der Waals surface area contributed by atoms with E-state index in [1.807, 2.05) is 70.3 Å². The van der Waals surface area contributed by atoms with E-state index in [2.05, 4.69) is 11.2 Å². The molecule has 1 aliphatic rings. The monoisotopic (exact) mass is 415 g/mol. The molecule has 4 aromatic rings. The van der Waals surface area contributed by atoms with Gasteiger partial charge in [0.05, 0.1) is 5.69 Å². The molecular formula is C24H25N5O2. The number of para-hydroxylation sites is 2. The van der Waals surface area contributed by atoms with Crippen molar-refractivity contribution < 1.29 is 4.79 Å². The second kappa shape index (κ2) is 7.91. The van der Waals surface area contributed by atoms with Crippen LogP contribution in [-0.2, 0) is 18.4 Å². The number of hydrogen-bond donors (Lipinski definition) is 0. The van der Waals surface area contributed by atoms with Crippen molar-refractivity contribution in [3.63, 3.8) is 0 Å². The van der Waals surface area contributed by atoms with E-state index in [1.54, 1.807) is 11.6 Å². The number of rotatable bonds is 4. The van der Waals surface area contributed by atoms with Crippen molar-refractivity contribution in [1.82, 2.24) is 23.8 Å². The van der Waals surface area contributed by atoms with Gasteiger partial charge in [-0.25, -0.2) is 14.0 Å². The molecule has 0 saturated carbocycles. The number of likely N-dealkylation sites (tertiary alicyclic amines) is 1. The summed E-state index contributed by atoms with van der Waals surface area (Å²) in [5.41, 5.74) is 1.70. The molecule has 1 unspecified atom stereocenters. The summed E-state index contributed by atoms with van der Waals surface area (Å²) in [6.07, 6.45) is 3.76. The lowest BCUT2D eigenvalue weighted by atomic mass is 9.97. The molecule has 3 heterocycles. The van der Waals surface area contributed by atoms with Gasteiger partial charge in [-0.15, -0.1) is 0 Å². The Labute approximate surface area is 180 Å². The minimum Gasteiger partial charge on any atom is -0.340 e. The predicted octanol–water partition coefficient (Wildman–Crippen LogP) is 2.93. The zero-order valence-corrected chi connectivity index (χ0v) is 17.5. The van der Waals surface area contributed by atoms with Gasteiger partial charge in [-0.05, 0) is 42.5 Å². The van der Waals surface area contributed by atoms with Crippen LogP contribution in [0.1, 0.15) is 24.6 Å². The molecule has 2 aromatic carbocycles. The van der Waals surface area contributed by atoms with Crippen LogP contribution < -0.4 is 5.69 Å². The molecule has 1 atom stereocenters. The summed E-state index contributed by atoms with van der Waals surface area (Å²) < 4.78 is 5.06. The minimum atomic E-state index is -0.163. The highest BCUT2D eigenvalue weighted by molar-refractivity contribution is 5.83. The van der Waals surface area contributed by atoms with Gasteiger partial charge in [-0.2, -0.15) is 5.10 Å². The fourth-order valence-electron chi connectivity index (χ4n) is 4.51. The van der Waals surface area contributed by atoms with Crippen LogP contribution in [0, 0.1) is 0 Å². The Bertz CT molecular complexity index is 1280. The quantitative estimate of drug-likeness (QED) is 0.515. The zero-order valence-electron chi connectivity index (χ0n) is 17.5. The molecule has 0 spiro atoms. The summed E-state index contributed by atoms with van der Waals surface area (Å²) in [6.45, 7) is 1.62. The van der Waals surface area contributed by atoms with E-state index in [9.17, 15) is 9.59 Å². The van der Waals surface area contributed by atoms with Crippen LogP contribution in [0.5, 0.6) is 0 Å². The summed E-state index contributed by atoms with van der Waals surface area (Å²) in [5.74, 6) is 0.839. The highest BCUT2D eigenvalue weighted by Gasteiger charge is 2.29. The van der Waals surface area contributed by atoms with E-state index < -0.39 is 0 Å². The summed E-state index contributed by atoms with van der Waals surface area (Å²) in [7, 11) is 1.67. The fourth-order valence-corrected chi connectivity index (χ4v) is 4.51. The number of aromatic nitrogens is 4. The SMILES string of the molecule is Cn1nc(C2CCCN(C(=O)Cn3ccc4ccccc43)C2)n(-c2ccccc2)c1=O. The molecule has 7 nitrogen and oxygen atoms in total. The first kappa shape index (κ1) is 19.4. The maximum absolute atomic E-state index is 13.1. The van der Waals surface area contributed by atoms with Gasteiger partial charge in [0.1, 0.15) is 12.4 Å². The highest BCUT2D eigenvalue weighted by Crippen LogP contribution is 2.27. The molecular weight excluding hydrogens is 390 g/mol. The Morgan fingerprint density at radius 1 is 1.06 bits per heavy atom.